The summed E-state index contributed by atoms with van der Waals surface area (Å²) in [6, 6.07) is 0. The summed E-state index contributed by atoms with van der Waals surface area (Å²) >= 11 is 6.09. The summed E-state index contributed by atoms with van der Waals surface area (Å²) in [5.74, 6) is 0. The summed E-state index contributed by atoms with van der Waals surface area (Å²) in [7, 11) is 0. The van der Waals surface area contributed by atoms with Gasteiger partial charge in [-0.05, 0) is 20.8 Å². The summed E-state index contributed by atoms with van der Waals surface area (Å²) in [6.45, 7) is 8.20. The van der Waals surface area contributed by atoms with Crippen molar-refractivity contribution >= 4 is 23.4 Å². The van der Waals surface area contributed by atoms with Gasteiger partial charge in [-0.1, -0.05) is 11.6 Å². The Morgan fingerprint density at radius 2 is 1.80 bits per heavy atom. The zero-order chi connectivity index (χ0) is 14.8. The quantitative estimate of drug-likeness (QED) is 0.795. The molecule has 0 saturated carbocycles. The van der Waals surface area contributed by atoms with Crippen LogP contribution in [0.5, 0.6) is 0 Å². The van der Waals surface area contributed by atoms with Gasteiger partial charge in [0.25, 0.3) is 0 Å². The Morgan fingerprint density at radius 3 is 2.35 bits per heavy atom. The van der Waals surface area contributed by atoms with E-state index in [1.165, 1.54) is 6.20 Å². The average Bonchev–Trinajstić information content (AvgIpc) is 2.37. The highest BCUT2D eigenvalue weighted by Gasteiger charge is 2.26. The number of hydrogen-bond donors (Lipinski definition) is 0. The second kappa shape index (κ2) is 5.83. The molecule has 0 aromatic carbocycles. The van der Waals surface area contributed by atoms with Gasteiger partial charge in [0.15, 0.2) is 0 Å². The van der Waals surface area contributed by atoms with E-state index in [2.05, 4.69) is 15.1 Å². The summed E-state index contributed by atoms with van der Waals surface area (Å²) in [6.07, 6.45) is 2.90. The van der Waals surface area contributed by atoms with E-state index in [-0.39, 0.29) is 6.09 Å². The van der Waals surface area contributed by atoms with Crippen LogP contribution in [-0.4, -0.2) is 53.0 Å². The monoisotopic (exact) mass is 298 g/mol. The highest BCUT2D eigenvalue weighted by atomic mass is 35.5. The van der Waals surface area contributed by atoms with Crippen molar-refractivity contribution in [3.8, 4) is 0 Å². The number of piperazine rings is 1. The Balaban J connectivity index is 1.93. The van der Waals surface area contributed by atoms with Crippen molar-refractivity contribution < 1.29 is 9.53 Å². The first-order valence-electron chi connectivity index (χ1n) is 6.56. The molecular formula is C13H19ClN4O2. The number of nitrogens with zero attached hydrogens (tertiary/aromatic N) is 4. The molecule has 0 unspecified atom stereocenters. The van der Waals surface area contributed by atoms with Crippen LogP contribution in [0.4, 0.5) is 10.5 Å². The number of hydrogen-bond acceptors (Lipinski definition) is 5. The summed E-state index contributed by atoms with van der Waals surface area (Å²) in [5, 5.41) is 8.15. The maximum Gasteiger partial charge on any atom is 0.410 e. The van der Waals surface area contributed by atoms with Crippen LogP contribution in [0.15, 0.2) is 12.4 Å². The fourth-order valence-corrected chi connectivity index (χ4v) is 2.20. The molecule has 0 atom stereocenters. The van der Waals surface area contributed by atoms with Crippen molar-refractivity contribution in [1.82, 2.24) is 15.1 Å². The first-order valence-corrected chi connectivity index (χ1v) is 6.94. The van der Waals surface area contributed by atoms with Crippen LogP contribution in [0.2, 0.25) is 5.02 Å². The Hall–Kier alpha value is -1.56. The van der Waals surface area contributed by atoms with Crippen molar-refractivity contribution in [2.24, 2.45) is 0 Å². The van der Waals surface area contributed by atoms with Gasteiger partial charge in [0, 0.05) is 26.2 Å². The number of anilines is 1. The van der Waals surface area contributed by atoms with Crippen molar-refractivity contribution in [2.75, 3.05) is 31.1 Å². The Bertz CT molecular complexity index is 482. The maximum absolute atomic E-state index is 12.0. The molecule has 1 saturated heterocycles. The van der Waals surface area contributed by atoms with Gasteiger partial charge in [-0.25, -0.2) is 4.79 Å². The molecule has 0 radical (unpaired) electrons. The molecule has 6 nitrogen and oxygen atoms in total. The molecule has 1 aromatic heterocycles. The van der Waals surface area contributed by atoms with E-state index in [0.29, 0.717) is 31.2 Å². The van der Waals surface area contributed by atoms with Crippen LogP contribution in [0.1, 0.15) is 20.8 Å². The predicted octanol–water partition coefficient (Wildman–Crippen LogP) is 2.19. The van der Waals surface area contributed by atoms with Gasteiger partial charge >= 0.3 is 6.09 Å². The lowest BCUT2D eigenvalue weighted by atomic mass is 10.2. The molecule has 2 heterocycles. The minimum atomic E-state index is -0.466. The highest BCUT2D eigenvalue weighted by molar-refractivity contribution is 6.33. The predicted molar refractivity (Wildman–Crippen MR) is 77.1 cm³/mol. The van der Waals surface area contributed by atoms with Crippen LogP contribution in [0, 0.1) is 0 Å². The van der Waals surface area contributed by atoms with Crippen LogP contribution in [0.25, 0.3) is 0 Å². The molecule has 20 heavy (non-hydrogen) atoms. The van der Waals surface area contributed by atoms with Crippen LogP contribution < -0.4 is 4.90 Å². The molecule has 2 rings (SSSR count). The van der Waals surface area contributed by atoms with Crippen LogP contribution in [0.3, 0.4) is 0 Å². The largest absolute Gasteiger partial charge is 0.444 e. The normalized spacial score (nSPS) is 16.2. The number of amides is 1. The highest BCUT2D eigenvalue weighted by Crippen LogP contribution is 2.24. The lowest BCUT2D eigenvalue weighted by molar-refractivity contribution is 0.0240. The fraction of sp³-hybridized carbons (Fsp3) is 0.615. The molecule has 0 bridgehead atoms. The molecule has 0 spiro atoms. The summed E-state index contributed by atoms with van der Waals surface area (Å²) in [4.78, 5) is 15.8. The van der Waals surface area contributed by atoms with E-state index in [9.17, 15) is 4.79 Å². The first-order chi connectivity index (χ1) is 9.37. The molecule has 110 valence electrons. The van der Waals surface area contributed by atoms with Crippen molar-refractivity contribution in [2.45, 2.75) is 26.4 Å². The Labute approximate surface area is 123 Å². The van der Waals surface area contributed by atoms with E-state index in [0.717, 1.165) is 5.69 Å². The molecule has 0 aliphatic carbocycles. The van der Waals surface area contributed by atoms with Crippen molar-refractivity contribution in [1.29, 1.82) is 0 Å². The van der Waals surface area contributed by atoms with E-state index >= 15 is 0 Å². The molecule has 1 aliphatic heterocycles. The van der Waals surface area contributed by atoms with Gasteiger partial charge in [-0.3, -0.25) is 0 Å². The first kappa shape index (κ1) is 14.8. The minimum absolute atomic E-state index is 0.267. The molecule has 1 amide bonds. The number of carbonyl (C=O) groups excluding carboxylic acids is 1. The lowest BCUT2D eigenvalue weighted by Gasteiger charge is -2.36. The van der Waals surface area contributed by atoms with Gasteiger partial charge in [0.05, 0.1) is 23.1 Å². The number of aromatic nitrogens is 2. The fourth-order valence-electron chi connectivity index (χ4n) is 1.99. The third-order valence-corrected chi connectivity index (χ3v) is 3.23. The van der Waals surface area contributed by atoms with Crippen LogP contribution >= 0.6 is 11.6 Å². The SMILES string of the molecule is CC(C)(C)OC(=O)N1CCN(c2cnncc2Cl)CC1. The molecule has 1 fully saturated rings. The summed E-state index contributed by atoms with van der Waals surface area (Å²) in [5.41, 5.74) is 0.387. The van der Waals surface area contributed by atoms with Gasteiger partial charge in [-0.15, -0.1) is 0 Å². The molecule has 1 aliphatic rings. The van der Waals surface area contributed by atoms with Gasteiger partial charge in [-0.2, -0.15) is 10.2 Å². The Morgan fingerprint density at radius 1 is 1.20 bits per heavy atom. The third-order valence-electron chi connectivity index (χ3n) is 2.93. The number of carbonyl (C=O) groups is 1. The second-order valence-electron chi connectivity index (χ2n) is 5.68. The van der Waals surface area contributed by atoms with E-state index in [1.54, 1.807) is 11.1 Å². The lowest BCUT2D eigenvalue weighted by Crippen LogP contribution is -2.50. The van der Waals surface area contributed by atoms with Gasteiger partial charge in [0.2, 0.25) is 0 Å². The van der Waals surface area contributed by atoms with E-state index < -0.39 is 5.60 Å². The smallest absolute Gasteiger partial charge is 0.410 e. The molecular weight excluding hydrogens is 280 g/mol. The zero-order valence-electron chi connectivity index (χ0n) is 12.0. The average molecular weight is 299 g/mol. The Kier molecular flexibility index (Phi) is 4.32. The second-order valence-corrected chi connectivity index (χ2v) is 6.08. The van der Waals surface area contributed by atoms with E-state index in [4.69, 9.17) is 16.3 Å². The maximum atomic E-state index is 12.0. The number of ether oxygens (including phenoxy) is 1. The molecule has 1 aromatic rings. The zero-order valence-corrected chi connectivity index (χ0v) is 12.7. The molecule has 7 heteroatoms. The van der Waals surface area contributed by atoms with Crippen molar-refractivity contribution in [3.63, 3.8) is 0 Å². The standard InChI is InChI=1S/C13H19ClN4O2/c1-13(2,3)20-12(19)18-6-4-17(5-7-18)11-9-16-15-8-10(11)14/h8-9H,4-7H2,1-3H3. The van der Waals surface area contributed by atoms with Gasteiger partial charge in [0.1, 0.15) is 5.60 Å². The summed E-state index contributed by atoms with van der Waals surface area (Å²) < 4.78 is 5.36. The van der Waals surface area contributed by atoms with Crippen molar-refractivity contribution in [3.05, 3.63) is 17.4 Å². The van der Waals surface area contributed by atoms with Gasteiger partial charge < -0.3 is 14.5 Å². The topological polar surface area (TPSA) is 58.6 Å². The third kappa shape index (κ3) is 3.72. The molecule has 0 N–H and O–H groups in total. The van der Waals surface area contributed by atoms with E-state index in [1.807, 2.05) is 20.8 Å². The minimum Gasteiger partial charge on any atom is -0.444 e. The van der Waals surface area contributed by atoms with Crippen LogP contribution in [-0.2, 0) is 4.74 Å². The number of rotatable bonds is 1. The number of halogens is 1.